The first-order valence-electron chi connectivity index (χ1n) is 6.41. The highest BCUT2D eigenvalue weighted by atomic mass is 79.9. The van der Waals surface area contributed by atoms with Crippen molar-refractivity contribution in [3.63, 3.8) is 0 Å². The summed E-state index contributed by atoms with van der Waals surface area (Å²) in [4.78, 5) is 9.87. The summed E-state index contributed by atoms with van der Waals surface area (Å²) in [5.74, 6) is 0.0565. The molecule has 2 atom stereocenters. The summed E-state index contributed by atoms with van der Waals surface area (Å²) >= 11 is 3.12. The topological polar surface area (TPSA) is 110 Å². The molecule has 1 aromatic carbocycles. The van der Waals surface area contributed by atoms with Crippen LogP contribution >= 0.6 is 15.9 Å². The summed E-state index contributed by atoms with van der Waals surface area (Å²) in [7, 11) is -3.97. The van der Waals surface area contributed by atoms with E-state index in [1.54, 1.807) is 0 Å². The Balaban J connectivity index is 2.19. The third kappa shape index (κ3) is 4.00. The minimum absolute atomic E-state index is 0.0565. The first kappa shape index (κ1) is 16.3. The minimum atomic E-state index is -3.97. The number of nitrogens with zero attached hydrogens (tertiary/aromatic N) is 1. The molecule has 2 rings (SSSR count). The van der Waals surface area contributed by atoms with E-state index in [9.17, 15) is 23.6 Å². The molecule has 116 valence electrons. The average Bonchev–Trinajstić information content (AvgIpc) is 2.82. The van der Waals surface area contributed by atoms with Crippen LogP contribution in [0, 0.1) is 16.0 Å². The molecule has 2 N–H and O–H groups in total. The molecule has 9 heteroatoms. The molecule has 1 saturated carbocycles. The van der Waals surface area contributed by atoms with Crippen LogP contribution in [-0.4, -0.2) is 31.1 Å². The van der Waals surface area contributed by atoms with Crippen LogP contribution in [0.1, 0.15) is 19.3 Å². The number of rotatable bonds is 5. The van der Waals surface area contributed by atoms with Crippen LogP contribution in [0.25, 0.3) is 0 Å². The summed E-state index contributed by atoms with van der Waals surface area (Å²) < 4.78 is 27.3. The van der Waals surface area contributed by atoms with E-state index in [0.29, 0.717) is 17.3 Å². The molecule has 1 aliphatic rings. The fraction of sp³-hybridized carbons (Fsp3) is 0.500. The second kappa shape index (κ2) is 6.39. The molecule has 1 aromatic rings. The molecule has 1 aliphatic carbocycles. The number of aliphatic hydroxyl groups excluding tert-OH is 1. The smallest absolute Gasteiger partial charge is 0.289 e. The molecule has 0 saturated heterocycles. The maximum Gasteiger partial charge on any atom is 0.289 e. The van der Waals surface area contributed by atoms with Crippen LogP contribution in [0.3, 0.4) is 0 Å². The average molecular weight is 379 g/mol. The first-order chi connectivity index (χ1) is 9.79. The van der Waals surface area contributed by atoms with Crippen LogP contribution in [0.5, 0.6) is 0 Å². The number of halogens is 1. The SMILES string of the molecule is O=[N+]([O-])c1ccc(Br)cc1S(=O)(=O)NCC1CCC(O)C1. The van der Waals surface area contributed by atoms with E-state index in [-0.39, 0.29) is 23.5 Å². The van der Waals surface area contributed by atoms with Crippen molar-refractivity contribution in [3.8, 4) is 0 Å². The summed E-state index contributed by atoms with van der Waals surface area (Å²) in [6.07, 6.45) is 1.55. The molecular weight excluding hydrogens is 364 g/mol. The van der Waals surface area contributed by atoms with Crippen molar-refractivity contribution in [3.05, 3.63) is 32.8 Å². The van der Waals surface area contributed by atoms with Crippen LogP contribution < -0.4 is 4.72 Å². The van der Waals surface area contributed by atoms with E-state index in [4.69, 9.17) is 0 Å². The van der Waals surface area contributed by atoms with E-state index in [1.807, 2.05) is 0 Å². The van der Waals surface area contributed by atoms with Gasteiger partial charge in [0.15, 0.2) is 4.90 Å². The Morgan fingerprint density at radius 2 is 2.14 bits per heavy atom. The van der Waals surface area contributed by atoms with E-state index in [0.717, 1.165) is 12.5 Å². The van der Waals surface area contributed by atoms with Gasteiger partial charge in [-0.05, 0) is 37.3 Å². The zero-order valence-corrected chi connectivity index (χ0v) is 13.4. The van der Waals surface area contributed by atoms with Crippen LogP contribution in [0.15, 0.2) is 27.6 Å². The summed E-state index contributed by atoms with van der Waals surface area (Å²) in [5.41, 5.74) is -0.461. The second-order valence-corrected chi connectivity index (χ2v) is 7.71. The number of sulfonamides is 1. The number of hydrogen-bond acceptors (Lipinski definition) is 5. The molecule has 21 heavy (non-hydrogen) atoms. The fourth-order valence-electron chi connectivity index (χ4n) is 2.39. The number of nitro benzene ring substituents is 1. The molecule has 0 aliphatic heterocycles. The van der Waals surface area contributed by atoms with Gasteiger partial charge in [-0.1, -0.05) is 15.9 Å². The maximum absolute atomic E-state index is 12.2. The van der Waals surface area contributed by atoms with Gasteiger partial charge in [0.1, 0.15) is 0 Å². The van der Waals surface area contributed by atoms with Crippen LogP contribution in [0.2, 0.25) is 0 Å². The molecule has 0 bridgehead atoms. The quantitative estimate of drug-likeness (QED) is 0.599. The molecule has 0 radical (unpaired) electrons. The Bertz CT molecular complexity index is 649. The van der Waals surface area contributed by atoms with Gasteiger partial charge in [0.2, 0.25) is 10.0 Å². The van der Waals surface area contributed by atoms with Gasteiger partial charge in [0.05, 0.1) is 11.0 Å². The standard InChI is InChI=1S/C12H15BrN2O5S/c13-9-2-4-11(15(17)18)12(6-9)21(19,20)14-7-8-1-3-10(16)5-8/h2,4,6,8,10,14,16H,1,3,5,7H2. The van der Waals surface area contributed by atoms with E-state index in [2.05, 4.69) is 20.7 Å². The van der Waals surface area contributed by atoms with Gasteiger partial charge in [0, 0.05) is 17.1 Å². The molecule has 1 fully saturated rings. The highest BCUT2D eigenvalue weighted by Gasteiger charge is 2.28. The summed E-state index contributed by atoms with van der Waals surface area (Å²) in [6.45, 7) is 0.170. The highest BCUT2D eigenvalue weighted by Crippen LogP contribution is 2.28. The second-order valence-electron chi connectivity index (χ2n) is 5.05. The van der Waals surface area contributed by atoms with Crippen LogP contribution in [-0.2, 0) is 10.0 Å². The summed E-state index contributed by atoms with van der Waals surface area (Å²) in [6, 6.07) is 3.78. The Morgan fingerprint density at radius 1 is 1.43 bits per heavy atom. The van der Waals surface area contributed by atoms with Gasteiger partial charge < -0.3 is 5.11 Å². The van der Waals surface area contributed by atoms with Gasteiger partial charge in [0.25, 0.3) is 5.69 Å². The lowest BCUT2D eigenvalue weighted by Crippen LogP contribution is -2.29. The molecule has 0 amide bonds. The van der Waals surface area contributed by atoms with Crippen molar-refractivity contribution in [1.82, 2.24) is 4.72 Å². The van der Waals surface area contributed by atoms with Crippen molar-refractivity contribution < 1.29 is 18.4 Å². The van der Waals surface area contributed by atoms with Gasteiger partial charge in [-0.15, -0.1) is 0 Å². The number of nitrogens with one attached hydrogen (secondary N) is 1. The normalized spacial score (nSPS) is 22.4. The maximum atomic E-state index is 12.2. The Labute approximate surface area is 130 Å². The van der Waals surface area contributed by atoms with Crippen molar-refractivity contribution in [2.24, 2.45) is 5.92 Å². The number of nitro groups is 1. The number of hydrogen-bond donors (Lipinski definition) is 2. The van der Waals surface area contributed by atoms with E-state index in [1.165, 1.54) is 12.1 Å². The summed E-state index contributed by atoms with van der Waals surface area (Å²) in [5, 5.41) is 20.4. The first-order valence-corrected chi connectivity index (χ1v) is 8.69. The predicted octanol–water partition coefficient (Wildman–Crippen LogP) is 1.80. The molecule has 0 heterocycles. The molecule has 2 unspecified atom stereocenters. The lowest BCUT2D eigenvalue weighted by Gasteiger charge is -2.12. The van der Waals surface area contributed by atoms with E-state index < -0.39 is 20.6 Å². The Kier molecular flexibility index (Phi) is 4.97. The van der Waals surface area contributed by atoms with E-state index >= 15 is 0 Å². The fourth-order valence-corrected chi connectivity index (χ4v) is 4.22. The zero-order valence-electron chi connectivity index (χ0n) is 11.0. The lowest BCUT2D eigenvalue weighted by molar-refractivity contribution is -0.387. The molecule has 7 nitrogen and oxygen atoms in total. The molecule has 0 spiro atoms. The molecular formula is C12H15BrN2O5S. The largest absolute Gasteiger partial charge is 0.393 e. The minimum Gasteiger partial charge on any atom is -0.393 e. The number of aliphatic hydroxyl groups is 1. The van der Waals surface area contributed by atoms with Gasteiger partial charge >= 0.3 is 0 Å². The Morgan fingerprint density at radius 3 is 2.71 bits per heavy atom. The van der Waals surface area contributed by atoms with Crippen molar-refractivity contribution >= 4 is 31.6 Å². The van der Waals surface area contributed by atoms with Crippen LogP contribution in [0.4, 0.5) is 5.69 Å². The van der Waals surface area contributed by atoms with Gasteiger partial charge in [-0.2, -0.15) is 0 Å². The van der Waals surface area contributed by atoms with Gasteiger partial charge in [-0.25, -0.2) is 13.1 Å². The highest BCUT2D eigenvalue weighted by molar-refractivity contribution is 9.10. The number of benzene rings is 1. The third-order valence-corrected chi connectivity index (χ3v) is 5.43. The monoisotopic (exact) mass is 378 g/mol. The molecule has 0 aromatic heterocycles. The van der Waals surface area contributed by atoms with Crippen molar-refractivity contribution in [2.45, 2.75) is 30.3 Å². The van der Waals surface area contributed by atoms with Crippen molar-refractivity contribution in [2.75, 3.05) is 6.54 Å². The third-order valence-electron chi connectivity index (χ3n) is 3.48. The zero-order chi connectivity index (χ0) is 15.6. The lowest BCUT2D eigenvalue weighted by atomic mass is 10.1. The van der Waals surface area contributed by atoms with Crippen molar-refractivity contribution in [1.29, 1.82) is 0 Å². The predicted molar refractivity (Wildman–Crippen MR) is 79.3 cm³/mol. The van der Waals surface area contributed by atoms with Gasteiger partial charge in [-0.3, -0.25) is 10.1 Å². The Hall–Kier alpha value is -1.03.